The molecule has 0 aliphatic carbocycles. The molecule has 0 amide bonds. The molecule has 64 valence electrons. The second-order valence-corrected chi connectivity index (χ2v) is 0.990. The maximum atomic E-state index is 9.75. The summed E-state index contributed by atoms with van der Waals surface area (Å²) >= 11 is 0. The summed E-state index contributed by atoms with van der Waals surface area (Å²) in [5.74, 6) is 0. The molecule has 0 rings (SSSR count). The van der Waals surface area contributed by atoms with E-state index in [1.807, 2.05) is 0 Å². The summed E-state index contributed by atoms with van der Waals surface area (Å²) in [4.78, 5) is 0. The summed E-state index contributed by atoms with van der Waals surface area (Å²) in [5, 5.41) is 0. The van der Waals surface area contributed by atoms with Crippen LogP contribution in [0.2, 0.25) is 0 Å². The van der Waals surface area contributed by atoms with Crippen molar-refractivity contribution in [2.45, 2.75) is 0 Å². The Morgan fingerprint density at radius 2 is 0.417 bits per heavy atom. The van der Waals surface area contributed by atoms with E-state index in [-0.39, 0.29) is 103 Å². The molecule has 0 heterocycles. The molecule has 0 fully saturated rings. The van der Waals surface area contributed by atoms with Crippen LogP contribution in [0.5, 0.6) is 0 Å². The van der Waals surface area contributed by atoms with Crippen LogP contribution in [0.25, 0.3) is 0 Å². The fraction of sp³-hybridized carbons (Fsp3) is 0. The third kappa shape index (κ3) is 223. The molecule has 0 aromatic carbocycles. The first-order valence-corrected chi connectivity index (χ1v) is 1.75. The molecule has 0 bridgehead atoms. The molecular formula is B2F8K2. The normalized spacial score (nSPS) is 10.0. The maximum absolute atomic E-state index is 9.75. The Labute approximate surface area is 148 Å². The van der Waals surface area contributed by atoms with Crippen LogP contribution in [0.4, 0.5) is 34.5 Å². The Morgan fingerprint density at radius 3 is 0.417 bits per heavy atom. The van der Waals surface area contributed by atoms with Crippen LogP contribution in [0, 0.1) is 0 Å². The Bertz CT molecular complexity index is 58.0. The average Bonchev–Trinajstić information content (AvgIpc) is 1.12. The van der Waals surface area contributed by atoms with Gasteiger partial charge in [0.1, 0.15) is 0 Å². The van der Waals surface area contributed by atoms with Crippen LogP contribution < -0.4 is 103 Å². The van der Waals surface area contributed by atoms with Gasteiger partial charge in [-0.3, -0.25) is 0 Å². The Hall–Kier alpha value is 2.84. The van der Waals surface area contributed by atoms with Gasteiger partial charge in [0.2, 0.25) is 0 Å². The first-order valence-electron chi connectivity index (χ1n) is 1.75. The van der Waals surface area contributed by atoms with Gasteiger partial charge in [-0.05, 0) is 0 Å². The van der Waals surface area contributed by atoms with Crippen molar-refractivity contribution in [3.63, 3.8) is 0 Å². The molecule has 0 saturated heterocycles. The van der Waals surface area contributed by atoms with Crippen LogP contribution in [-0.2, 0) is 0 Å². The molecule has 0 saturated carbocycles. The van der Waals surface area contributed by atoms with Crippen molar-refractivity contribution in [2.75, 3.05) is 0 Å². The van der Waals surface area contributed by atoms with E-state index < -0.39 is 14.5 Å². The molecule has 0 aromatic rings. The zero-order valence-electron chi connectivity index (χ0n) is 6.18. The quantitative estimate of drug-likeness (QED) is 0.311. The SMILES string of the molecule is F[B-](F)(F)F.F[B-](F)(F)F.[K+].[K+]. The third-order valence-corrected chi connectivity index (χ3v) is 0. The average molecular weight is 252 g/mol. The summed E-state index contributed by atoms with van der Waals surface area (Å²) < 4.78 is 78.0. The summed E-state index contributed by atoms with van der Waals surface area (Å²) in [6.07, 6.45) is 0. The van der Waals surface area contributed by atoms with E-state index >= 15 is 0 Å². The summed E-state index contributed by atoms with van der Waals surface area (Å²) in [6, 6.07) is 0. The van der Waals surface area contributed by atoms with Gasteiger partial charge in [-0.1, -0.05) is 0 Å². The van der Waals surface area contributed by atoms with Gasteiger partial charge >= 0.3 is 117 Å². The van der Waals surface area contributed by atoms with E-state index in [0.29, 0.717) is 0 Å². The van der Waals surface area contributed by atoms with E-state index in [2.05, 4.69) is 0 Å². The van der Waals surface area contributed by atoms with Crippen LogP contribution in [-0.4, -0.2) is 14.5 Å². The van der Waals surface area contributed by atoms with Crippen molar-refractivity contribution < 1.29 is 137 Å². The zero-order chi connectivity index (χ0) is 9.00. The first kappa shape index (κ1) is 24.2. The molecular weight excluding hydrogens is 252 g/mol. The van der Waals surface area contributed by atoms with Crippen molar-refractivity contribution in [3.8, 4) is 0 Å². The van der Waals surface area contributed by atoms with E-state index in [0.717, 1.165) is 0 Å². The van der Waals surface area contributed by atoms with Gasteiger partial charge in [0, 0.05) is 0 Å². The fourth-order valence-corrected chi connectivity index (χ4v) is 0. The molecule has 0 spiro atoms. The van der Waals surface area contributed by atoms with Gasteiger partial charge in [0.15, 0.2) is 0 Å². The largest absolute Gasteiger partial charge is 1.00 e. The second-order valence-electron chi connectivity index (χ2n) is 0.990. The van der Waals surface area contributed by atoms with Gasteiger partial charge in [-0.15, -0.1) is 0 Å². The standard InChI is InChI=1S/2BF4.2K/c2*2-1(3,4)5;;/q2*-1;2*+1. The van der Waals surface area contributed by atoms with Gasteiger partial charge in [-0.25, -0.2) is 0 Å². The van der Waals surface area contributed by atoms with Crippen molar-refractivity contribution >= 4 is 14.5 Å². The second kappa shape index (κ2) is 10.4. The molecule has 12 heavy (non-hydrogen) atoms. The first-order chi connectivity index (χ1) is 4.00. The minimum absolute atomic E-state index is 0. The molecule has 0 aliphatic heterocycles. The molecule has 0 radical (unpaired) electrons. The van der Waals surface area contributed by atoms with E-state index in [9.17, 15) is 34.5 Å². The van der Waals surface area contributed by atoms with Crippen LogP contribution in [0.3, 0.4) is 0 Å². The summed E-state index contributed by atoms with van der Waals surface area (Å²) in [5.41, 5.74) is 0. The minimum atomic E-state index is -6.00. The van der Waals surface area contributed by atoms with E-state index in [4.69, 9.17) is 0 Å². The third-order valence-electron chi connectivity index (χ3n) is 0. The maximum Gasteiger partial charge on any atom is 1.00 e. The van der Waals surface area contributed by atoms with Gasteiger partial charge < -0.3 is 34.5 Å². The van der Waals surface area contributed by atoms with Crippen LogP contribution in [0.1, 0.15) is 0 Å². The number of hydrogen-bond donors (Lipinski definition) is 0. The van der Waals surface area contributed by atoms with Crippen molar-refractivity contribution in [2.24, 2.45) is 0 Å². The van der Waals surface area contributed by atoms with Crippen LogP contribution >= 0.6 is 0 Å². The molecule has 0 aromatic heterocycles. The fourth-order valence-electron chi connectivity index (χ4n) is 0. The summed E-state index contributed by atoms with van der Waals surface area (Å²) in [6.45, 7) is 0. The molecule has 12 heteroatoms. The molecule has 0 N–H and O–H groups in total. The number of rotatable bonds is 0. The van der Waals surface area contributed by atoms with Gasteiger partial charge in [-0.2, -0.15) is 0 Å². The van der Waals surface area contributed by atoms with Crippen molar-refractivity contribution in [1.29, 1.82) is 0 Å². The number of hydrogen-bond acceptors (Lipinski definition) is 0. The predicted octanol–water partition coefficient (Wildman–Crippen LogP) is -3.39. The van der Waals surface area contributed by atoms with Gasteiger partial charge in [0.25, 0.3) is 0 Å². The molecule has 0 unspecified atom stereocenters. The summed E-state index contributed by atoms with van der Waals surface area (Å²) in [7, 11) is -12.0. The minimum Gasteiger partial charge on any atom is -0.418 e. The zero-order valence-corrected chi connectivity index (χ0v) is 12.4. The topological polar surface area (TPSA) is 0 Å². The van der Waals surface area contributed by atoms with E-state index in [1.165, 1.54) is 0 Å². The van der Waals surface area contributed by atoms with E-state index in [1.54, 1.807) is 0 Å². The van der Waals surface area contributed by atoms with Crippen molar-refractivity contribution in [3.05, 3.63) is 0 Å². The van der Waals surface area contributed by atoms with Gasteiger partial charge in [0.05, 0.1) is 0 Å². The predicted molar refractivity (Wildman–Crippen MR) is 20.4 cm³/mol. The monoisotopic (exact) mass is 252 g/mol. The van der Waals surface area contributed by atoms with Crippen LogP contribution in [0.15, 0.2) is 0 Å². The smallest absolute Gasteiger partial charge is 0.418 e. The Kier molecular flexibility index (Phi) is 20.9. The number of halogens is 8. The molecule has 0 nitrogen and oxygen atoms in total. The van der Waals surface area contributed by atoms with Crippen molar-refractivity contribution in [1.82, 2.24) is 0 Å². The molecule has 0 atom stereocenters. The Balaban J connectivity index is -0.0000000457. The Morgan fingerprint density at radius 1 is 0.417 bits per heavy atom. The molecule has 0 aliphatic rings.